The summed E-state index contributed by atoms with van der Waals surface area (Å²) >= 11 is 0. The predicted octanol–water partition coefficient (Wildman–Crippen LogP) is 1.71. The number of rotatable bonds is 1. The van der Waals surface area contributed by atoms with Crippen molar-refractivity contribution in [3.05, 3.63) is 40.2 Å². The maximum atomic E-state index is 13.3. The van der Waals surface area contributed by atoms with Crippen LogP contribution in [0.2, 0.25) is 0 Å². The number of aromatic nitrogens is 2. The first-order valence-electron chi connectivity index (χ1n) is 6.70. The molecule has 1 saturated carbocycles. The van der Waals surface area contributed by atoms with Crippen LogP contribution in [0.1, 0.15) is 31.1 Å². The van der Waals surface area contributed by atoms with Crippen LogP contribution in [0, 0.1) is 12.7 Å². The van der Waals surface area contributed by atoms with Crippen LogP contribution in [0.25, 0.3) is 10.9 Å². The number of carbonyl (C=O) groups is 2. The minimum atomic E-state index is -0.685. The lowest BCUT2D eigenvalue weighted by atomic mass is 9.92. The van der Waals surface area contributed by atoms with Crippen molar-refractivity contribution < 1.29 is 14.0 Å². The Bertz CT molecular complexity index is 826. The van der Waals surface area contributed by atoms with Crippen LogP contribution in [0.3, 0.4) is 0 Å². The average Bonchev–Trinajstić information content (AvgIpc) is 2.42. The molecular weight excluding hydrogens is 275 g/mol. The van der Waals surface area contributed by atoms with E-state index in [9.17, 15) is 18.8 Å². The normalized spacial score (nSPS) is 19.2. The molecule has 1 atom stereocenters. The molecule has 0 aliphatic heterocycles. The highest BCUT2D eigenvalue weighted by Crippen LogP contribution is 2.24. The smallest absolute Gasteiger partial charge is 0.262 e. The van der Waals surface area contributed by atoms with E-state index in [-0.39, 0.29) is 29.8 Å². The molecule has 5 nitrogen and oxygen atoms in total. The van der Waals surface area contributed by atoms with Gasteiger partial charge in [-0.1, -0.05) is 0 Å². The molecule has 108 valence electrons. The molecule has 0 bridgehead atoms. The van der Waals surface area contributed by atoms with Crippen LogP contribution >= 0.6 is 0 Å². The van der Waals surface area contributed by atoms with E-state index in [1.807, 2.05) is 0 Å². The Morgan fingerprint density at radius 1 is 1.29 bits per heavy atom. The van der Waals surface area contributed by atoms with Gasteiger partial charge in [0.25, 0.3) is 5.56 Å². The van der Waals surface area contributed by atoms with Crippen molar-refractivity contribution in [3.63, 3.8) is 0 Å². The van der Waals surface area contributed by atoms with Gasteiger partial charge in [0.15, 0.2) is 5.78 Å². The van der Waals surface area contributed by atoms with E-state index in [1.54, 1.807) is 6.92 Å². The molecule has 1 aliphatic rings. The highest BCUT2D eigenvalue weighted by Gasteiger charge is 2.30. The molecule has 0 amide bonds. The van der Waals surface area contributed by atoms with E-state index in [1.165, 1.54) is 16.7 Å². The summed E-state index contributed by atoms with van der Waals surface area (Å²) in [4.78, 5) is 40.1. The van der Waals surface area contributed by atoms with Gasteiger partial charge in [0.05, 0.1) is 23.4 Å². The zero-order valence-corrected chi connectivity index (χ0v) is 11.4. The maximum absolute atomic E-state index is 13.3. The van der Waals surface area contributed by atoms with Gasteiger partial charge in [-0.2, -0.15) is 0 Å². The van der Waals surface area contributed by atoms with Crippen molar-refractivity contribution in [3.8, 4) is 0 Å². The van der Waals surface area contributed by atoms with Crippen molar-refractivity contribution in [2.24, 2.45) is 0 Å². The topological polar surface area (TPSA) is 69.0 Å². The van der Waals surface area contributed by atoms with Gasteiger partial charge in [0.2, 0.25) is 0 Å². The fourth-order valence-corrected chi connectivity index (χ4v) is 2.78. The molecule has 6 heteroatoms. The summed E-state index contributed by atoms with van der Waals surface area (Å²) in [5.41, 5.74) is -0.0424. The van der Waals surface area contributed by atoms with Gasteiger partial charge in [-0.3, -0.25) is 19.0 Å². The number of ketones is 2. The van der Waals surface area contributed by atoms with Crippen LogP contribution in [0.15, 0.2) is 23.0 Å². The second-order valence-electron chi connectivity index (χ2n) is 5.23. The zero-order valence-electron chi connectivity index (χ0n) is 11.4. The van der Waals surface area contributed by atoms with E-state index < -0.39 is 17.4 Å². The van der Waals surface area contributed by atoms with Crippen molar-refractivity contribution in [1.82, 2.24) is 9.55 Å². The third kappa shape index (κ3) is 2.26. The Morgan fingerprint density at radius 3 is 2.76 bits per heavy atom. The largest absolute Gasteiger partial charge is 0.299 e. The van der Waals surface area contributed by atoms with Crippen molar-refractivity contribution in [1.29, 1.82) is 0 Å². The average molecular weight is 288 g/mol. The summed E-state index contributed by atoms with van der Waals surface area (Å²) in [6.45, 7) is 1.63. The summed E-state index contributed by atoms with van der Waals surface area (Å²) in [6, 6.07) is 3.12. The fraction of sp³-hybridized carbons (Fsp3) is 0.333. The zero-order chi connectivity index (χ0) is 15.1. The lowest BCUT2D eigenvalue weighted by molar-refractivity contribution is -0.132. The Morgan fingerprint density at radius 2 is 2.05 bits per heavy atom. The Kier molecular flexibility index (Phi) is 3.16. The maximum Gasteiger partial charge on any atom is 0.262 e. The number of carbonyl (C=O) groups excluding carboxylic acids is 2. The minimum absolute atomic E-state index is 0.109. The van der Waals surface area contributed by atoms with E-state index >= 15 is 0 Å². The van der Waals surface area contributed by atoms with E-state index in [0.717, 1.165) is 6.07 Å². The molecule has 0 N–H and O–H groups in total. The predicted molar refractivity (Wildman–Crippen MR) is 73.6 cm³/mol. The highest BCUT2D eigenvalue weighted by molar-refractivity contribution is 6.03. The summed E-state index contributed by atoms with van der Waals surface area (Å²) in [5, 5.41) is 0.144. The van der Waals surface area contributed by atoms with E-state index in [0.29, 0.717) is 17.8 Å². The number of nitrogens with zero attached hydrogens (tertiary/aromatic N) is 2. The second kappa shape index (κ2) is 4.87. The first kappa shape index (κ1) is 13.6. The van der Waals surface area contributed by atoms with Crippen LogP contribution < -0.4 is 5.56 Å². The van der Waals surface area contributed by atoms with Gasteiger partial charge in [-0.05, 0) is 31.5 Å². The van der Waals surface area contributed by atoms with Crippen LogP contribution in [-0.4, -0.2) is 21.1 Å². The summed E-state index contributed by atoms with van der Waals surface area (Å²) < 4.78 is 14.6. The fourth-order valence-electron chi connectivity index (χ4n) is 2.78. The minimum Gasteiger partial charge on any atom is -0.299 e. The monoisotopic (exact) mass is 288 g/mol. The molecule has 1 aliphatic carbocycles. The Hall–Kier alpha value is -2.37. The molecule has 0 radical (unpaired) electrons. The Balaban J connectivity index is 2.21. The molecule has 21 heavy (non-hydrogen) atoms. The quantitative estimate of drug-likeness (QED) is 0.749. The molecule has 0 spiro atoms. The van der Waals surface area contributed by atoms with Crippen molar-refractivity contribution in [2.75, 3.05) is 0 Å². The molecule has 2 aromatic rings. The molecule has 1 unspecified atom stereocenters. The summed E-state index contributed by atoms with van der Waals surface area (Å²) in [5.74, 6) is -0.524. The summed E-state index contributed by atoms with van der Waals surface area (Å²) in [6.07, 6.45) is 0.405. The van der Waals surface area contributed by atoms with Gasteiger partial charge < -0.3 is 0 Å². The summed E-state index contributed by atoms with van der Waals surface area (Å²) in [7, 11) is 0. The molecule has 1 aromatic heterocycles. The van der Waals surface area contributed by atoms with Crippen molar-refractivity contribution >= 4 is 22.5 Å². The SMILES string of the molecule is Cc1nc2ccc(F)cc2c(=O)n1C1CCC(=O)CC1=O. The van der Waals surface area contributed by atoms with Gasteiger partial charge in [0.1, 0.15) is 17.4 Å². The molecule has 1 fully saturated rings. The number of benzene rings is 1. The van der Waals surface area contributed by atoms with Gasteiger partial charge in [-0.15, -0.1) is 0 Å². The number of aryl methyl sites for hydroxylation is 1. The number of hydrogen-bond donors (Lipinski definition) is 0. The number of halogens is 1. The standard InChI is InChI=1S/C15H13FN2O3/c1-8-17-12-4-2-9(16)6-11(12)15(21)18(8)13-5-3-10(19)7-14(13)20/h2,4,6,13H,3,5,7H2,1H3. The first-order valence-corrected chi connectivity index (χ1v) is 6.70. The lowest BCUT2D eigenvalue weighted by Gasteiger charge is -2.23. The van der Waals surface area contributed by atoms with Gasteiger partial charge >= 0.3 is 0 Å². The molecule has 1 aromatic carbocycles. The van der Waals surface area contributed by atoms with E-state index in [2.05, 4.69) is 4.98 Å². The Labute approximate surface area is 119 Å². The van der Waals surface area contributed by atoms with Gasteiger partial charge in [0, 0.05) is 6.42 Å². The first-order chi connectivity index (χ1) is 9.97. The number of hydrogen-bond acceptors (Lipinski definition) is 4. The van der Waals surface area contributed by atoms with Gasteiger partial charge in [-0.25, -0.2) is 9.37 Å². The molecule has 0 saturated heterocycles. The van der Waals surface area contributed by atoms with Crippen LogP contribution in [-0.2, 0) is 9.59 Å². The number of fused-ring (bicyclic) bond motifs is 1. The third-order valence-corrected chi connectivity index (χ3v) is 3.79. The highest BCUT2D eigenvalue weighted by atomic mass is 19.1. The molecular formula is C15H13FN2O3. The van der Waals surface area contributed by atoms with Crippen LogP contribution in [0.4, 0.5) is 4.39 Å². The third-order valence-electron chi connectivity index (χ3n) is 3.79. The van der Waals surface area contributed by atoms with Crippen LogP contribution in [0.5, 0.6) is 0 Å². The van der Waals surface area contributed by atoms with Crippen molar-refractivity contribution in [2.45, 2.75) is 32.2 Å². The number of Topliss-reactive ketones (excluding diaryl/α,β-unsaturated/α-hetero) is 2. The molecule has 3 rings (SSSR count). The lowest BCUT2D eigenvalue weighted by Crippen LogP contribution is -2.36. The second-order valence-corrected chi connectivity index (χ2v) is 5.23. The van der Waals surface area contributed by atoms with E-state index in [4.69, 9.17) is 0 Å². The molecule has 1 heterocycles.